The molecule has 0 heterocycles. The zero-order valence-electron chi connectivity index (χ0n) is 33.6. The van der Waals surface area contributed by atoms with Crippen LogP contribution < -0.4 is 0 Å². The van der Waals surface area contributed by atoms with Crippen molar-refractivity contribution >= 4 is 0 Å². The lowest BCUT2D eigenvalue weighted by atomic mass is 9.44. The minimum atomic E-state index is 0. The Kier molecular flexibility index (Phi) is 12.4. The number of benzene rings is 2. The first kappa shape index (κ1) is 41.9. The molecule has 4 aliphatic carbocycles. The molecular weight excluding hydrogens is 589 g/mol. The zero-order valence-corrected chi connectivity index (χ0v) is 33.6. The van der Waals surface area contributed by atoms with Crippen molar-refractivity contribution < 1.29 is 0 Å². The van der Waals surface area contributed by atoms with E-state index in [4.69, 9.17) is 0 Å². The average molecular weight is 671 g/mol. The van der Waals surface area contributed by atoms with E-state index < -0.39 is 0 Å². The normalized spacial score (nSPS) is 32.3. The van der Waals surface area contributed by atoms with E-state index in [1.54, 1.807) is 22.3 Å². The van der Waals surface area contributed by atoms with Crippen LogP contribution in [-0.2, 0) is 23.7 Å². The lowest BCUT2D eigenvalue weighted by Gasteiger charge is -2.60. The molecule has 0 heteroatoms. The summed E-state index contributed by atoms with van der Waals surface area (Å²) in [6.45, 7) is 34.3. The summed E-state index contributed by atoms with van der Waals surface area (Å²) in [5.41, 5.74) is 12.2. The van der Waals surface area contributed by atoms with Crippen molar-refractivity contribution in [2.45, 2.75) is 205 Å². The molecule has 0 amide bonds. The van der Waals surface area contributed by atoms with Gasteiger partial charge in [-0.2, -0.15) is 0 Å². The van der Waals surface area contributed by atoms with Crippen LogP contribution in [0.15, 0.2) is 36.4 Å². The van der Waals surface area contributed by atoms with Crippen molar-refractivity contribution in [2.75, 3.05) is 0 Å². The number of aryl methyl sites for hydroxylation is 2. The molecule has 2 fully saturated rings. The van der Waals surface area contributed by atoms with Gasteiger partial charge in [-0.15, -0.1) is 0 Å². The van der Waals surface area contributed by atoms with Crippen LogP contribution in [0.5, 0.6) is 0 Å². The molecule has 0 aliphatic heterocycles. The van der Waals surface area contributed by atoms with E-state index in [0.29, 0.717) is 44.3 Å². The van der Waals surface area contributed by atoms with Gasteiger partial charge in [0.15, 0.2) is 0 Å². The first-order valence-electron chi connectivity index (χ1n) is 19.9. The molecule has 4 aliphatic rings. The first-order chi connectivity index (χ1) is 21.6. The molecule has 0 bridgehead atoms. The molecule has 0 N–H and O–H groups in total. The fourth-order valence-corrected chi connectivity index (χ4v) is 12.2. The standard InChI is InChI=1S/C24H38.C23H36.2CH4/c1-17(2)18-9-11-20-19(15-18)10-12-21-23(6,16-22(3,4)5)13-8-14-24(20,21)7;1-16(2)17-9-11-19-18(15-17)10-12-20-22(19,6)13-8-14-23(20,7)21(3,4)5;;/h9,11,15,17,21H,8,10,12-14,16H2,1-7H3;9,11,15-16,20H,8,10,12-14H2,1-7H3;2*1H4. The maximum Gasteiger partial charge on any atom is -0.00388 e. The molecular formula is C49H82. The Morgan fingerprint density at radius 3 is 1.47 bits per heavy atom. The van der Waals surface area contributed by atoms with Crippen molar-refractivity contribution in [3.63, 3.8) is 0 Å². The topological polar surface area (TPSA) is 0 Å². The minimum Gasteiger partial charge on any atom is -0.0776 e. The molecule has 2 saturated carbocycles. The number of fused-ring (bicyclic) bond motifs is 6. The molecule has 0 spiro atoms. The van der Waals surface area contributed by atoms with Crippen LogP contribution in [0.4, 0.5) is 0 Å². The van der Waals surface area contributed by atoms with Crippen molar-refractivity contribution in [1.82, 2.24) is 0 Å². The smallest absolute Gasteiger partial charge is 0.00388 e. The Bertz CT molecular complexity index is 1410. The first-order valence-corrected chi connectivity index (χ1v) is 19.9. The van der Waals surface area contributed by atoms with Gasteiger partial charge in [0.05, 0.1) is 0 Å². The summed E-state index contributed by atoms with van der Waals surface area (Å²) in [4.78, 5) is 0. The Hall–Kier alpha value is -1.56. The summed E-state index contributed by atoms with van der Waals surface area (Å²) in [6, 6.07) is 14.8. The van der Waals surface area contributed by atoms with E-state index in [2.05, 4.69) is 133 Å². The Morgan fingerprint density at radius 2 is 1.04 bits per heavy atom. The second kappa shape index (κ2) is 14.5. The molecule has 0 nitrogen and oxygen atoms in total. The van der Waals surface area contributed by atoms with Crippen LogP contribution in [0.2, 0.25) is 0 Å². The predicted molar refractivity (Wildman–Crippen MR) is 220 cm³/mol. The summed E-state index contributed by atoms with van der Waals surface area (Å²) < 4.78 is 0. The van der Waals surface area contributed by atoms with Crippen LogP contribution in [0.3, 0.4) is 0 Å². The van der Waals surface area contributed by atoms with Gasteiger partial charge in [0.2, 0.25) is 0 Å². The third-order valence-electron chi connectivity index (χ3n) is 14.9. The summed E-state index contributed by atoms with van der Waals surface area (Å²) in [6.07, 6.45) is 15.0. The maximum absolute atomic E-state index is 2.60. The SMILES string of the molecule is C.C.CC(C)c1ccc2c(c1)CCC1C(C)(CC(C)(C)C)CCCC21C.CC(C)c1ccc2c(c1)CCC1C2(C)CCCC1(C)C(C)(C)C. The van der Waals surface area contributed by atoms with Gasteiger partial charge in [0.25, 0.3) is 0 Å². The fourth-order valence-electron chi connectivity index (χ4n) is 12.2. The lowest BCUT2D eigenvalue weighted by molar-refractivity contribution is -0.0566. The Morgan fingerprint density at radius 1 is 0.612 bits per heavy atom. The highest BCUT2D eigenvalue weighted by Gasteiger charge is 2.56. The van der Waals surface area contributed by atoms with E-state index in [1.807, 2.05) is 0 Å². The Labute approximate surface area is 307 Å². The summed E-state index contributed by atoms with van der Waals surface area (Å²) in [5, 5.41) is 0. The van der Waals surface area contributed by atoms with Gasteiger partial charge in [0, 0.05) is 0 Å². The van der Waals surface area contributed by atoms with Crippen LogP contribution in [0, 0.1) is 33.5 Å². The molecule has 0 radical (unpaired) electrons. The molecule has 2 aromatic rings. The van der Waals surface area contributed by atoms with Gasteiger partial charge < -0.3 is 0 Å². The van der Waals surface area contributed by atoms with Crippen molar-refractivity contribution in [3.8, 4) is 0 Å². The average Bonchev–Trinajstić information content (AvgIpc) is 2.95. The van der Waals surface area contributed by atoms with E-state index >= 15 is 0 Å². The third-order valence-corrected chi connectivity index (χ3v) is 14.9. The van der Waals surface area contributed by atoms with Crippen LogP contribution in [-0.4, -0.2) is 0 Å². The van der Waals surface area contributed by atoms with Gasteiger partial charge in [-0.25, -0.2) is 0 Å². The predicted octanol–water partition coefficient (Wildman–Crippen LogP) is 15.4. The fraction of sp³-hybridized carbons (Fsp3) is 0.755. The van der Waals surface area contributed by atoms with Gasteiger partial charge >= 0.3 is 0 Å². The molecule has 6 rings (SSSR count). The quantitative estimate of drug-likeness (QED) is 0.305. The number of hydrogen-bond donors (Lipinski definition) is 0. The Balaban J connectivity index is 0.000000255. The van der Waals surface area contributed by atoms with E-state index in [0.717, 1.165) is 11.8 Å². The van der Waals surface area contributed by atoms with Crippen LogP contribution >= 0.6 is 0 Å². The lowest BCUT2D eigenvalue weighted by Crippen LogP contribution is -2.54. The second-order valence-electron chi connectivity index (χ2n) is 20.9. The summed E-state index contributed by atoms with van der Waals surface area (Å²) in [7, 11) is 0. The summed E-state index contributed by atoms with van der Waals surface area (Å²) >= 11 is 0. The van der Waals surface area contributed by atoms with Crippen LogP contribution in [0.1, 0.15) is 215 Å². The summed E-state index contributed by atoms with van der Waals surface area (Å²) in [5.74, 6) is 2.94. The minimum absolute atomic E-state index is 0. The second-order valence-corrected chi connectivity index (χ2v) is 20.9. The van der Waals surface area contributed by atoms with Gasteiger partial charge in [-0.1, -0.05) is 161 Å². The van der Waals surface area contributed by atoms with Gasteiger partial charge in [-0.3, -0.25) is 0 Å². The van der Waals surface area contributed by atoms with E-state index in [9.17, 15) is 0 Å². The molecule has 6 atom stereocenters. The largest absolute Gasteiger partial charge is 0.0776 e. The number of rotatable bonds is 3. The maximum atomic E-state index is 2.60. The monoisotopic (exact) mass is 671 g/mol. The van der Waals surface area contributed by atoms with Crippen LogP contribution in [0.25, 0.3) is 0 Å². The number of hydrogen-bond acceptors (Lipinski definition) is 0. The molecule has 6 unspecified atom stereocenters. The third kappa shape index (κ3) is 7.66. The van der Waals surface area contributed by atoms with Gasteiger partial charge in [-0.05, 0) is 147 Å². The van der Waals surface area contributed by atoms with E-state index in [1.165, 1.54) is 81.8 Å². The zero-order chi connectivity index (χ0) is 34.8. The van der Waals surface area contributed by atoms with E-state index in [-0.39, 0.29) is 14.9 Å². The molecule has 2 aromatic carbocycles. The molecule has 0 saturated heterocycles. The van der Waals surface area contributed by atoms with Crippen molar-refractivity contribution in [3.05, 3.63) is 69.8 Å². The molecule has 0 aromatic heterocycles. The highest BCUT2D eigenvalue weighted by Crippen LogP contribution is 2.63. The van der Waals surface area contributed by atoms with Crippen molar-refractivity contribution in [2.24, 2.45) is 33.5 Å². The highest BCUT2D eigenvalue weighted by atomic mass is 14.6. The molecule has 278 valence electrons. The van der Waals surface area contributed by atoms with Gasteiger partial charge in [0.1, 0.15) is 0 Å². The molecule has 49 heavy (non-hydrogen) atoms. The van der Waals surface area contributed by atoms with Crippen molar-refractivity contribution in [1.29, 1.82) is 0 Å². The highest BCUT2D eigenvalue weighted by molar-refractivity contribution is 5.43.